The predicted molar refractivity (Wildman–Crippen MR) is 181 cm³/mol. The lowest BCUT2D eigenvalue weighted by Gasteiger charge is -2.75. The fourth-order valence-corrected chi connectivity index (χ4v) is 13.5. The summed E-state index contributed by atoms with van der Waals surface area (Å²) >= 11 is 0. The summed E-state index contributed by atoms with van der Waals surface area (Å²) in [6.07, 6.45) is 6.89. The Morgan fingerprint density at radius 3 is 2.13 bits per heavy atom. The minimum atomic E-state index is -1.32. The van der Waals surface area contributed by atoms with Crippen LogP contribution in [-0.2, 0) is 19.1 Å². The first kappa shape index (κ1) is 35.3. The number of ether oxygens (including phenoxy) is 2. The number of rotatable bonds is 5. The van der Waals surface area contributed by atoms with Gasteiger partial charge in [-0.3, -0.25) is 4.79 Å². The monoisotopic (exact) mass is 654 g/mol. The lowest BCUT2D eigenvalue weighted by molar-refractivity contribution is -0.306. The summed E-state index contributed by atoms with van der Waals surface area (Å²) in [4.78, 5) is 27.0. The molecule has 1 saturated heterocycles. The molecule has 6 aliphatic rings. The number of carbonyl (C=O) groups is 2. The number of allylic oxidation sites excluding steroid dienone is 3. The van der Waals surface area contributed by atoms with Gasteiger partial charge < -0.3 is 24.8 Å². The van der Waals surface area contributed by atoms with Crippen molar-refractivity contribution in [2.75, 3.05) is 0 Å². The van der Waals surface area contributed by atoms with Crippen molar-refractivity contribution in [1.82, 2.24) is 0 Å². The maximum absolute atomic E-state index is 13.5. The van der Waals surface area contributed by atoms with Crippen LogP contribution in [0.4, 0.5) is 0 Å². The van der Waals surface area contributed by atoms with E-state index in [1.807, 2.05) is 19.9 Å². The van der Waals surface area contributed by atoms with Crippen LogP contribution in [-0.4, -0.2) is 57.3 Å². The highest BCUT2D eigenvalue weighted by atomic mass is 16.6. The van der Waals surface area contributed by atoms with Crippen LogP contribution in [0.3, 0.4) is 0 Å². The van der Waals surface area contributed by atoms with Crippen LogP contribution in [0.2, 0.25) is 0 Å². The zero-order valence-electron chi connectivity index (χ0n) is 30.7. The molecule has 6 rings (SSSR count). The number of ketones is 1. The Hall–Kier alpha value is -1.54. The highest BCUT2D eigenvalue weighted by Crippen LogP contribution is 2.81. The van der Waals surface area contributed by atoms with Crippen molar-refractivity contribution in [3.8, 4) is 0 Å². The SMILES string of the molecule is C/C=C(/C)C(=O)C[C@@H]1[C@@H](C)CC2[C@@]3([C@H](O)C[C@]4(C)[C@@]2(CCC2[C@@]5(C)CC[C@H](O)C(C)(C)C5CC[C@]24C)O[C@@H]3O)[C@H]1OC(=O)/C(C)=C\C. The van der Waals surface area contributed by atoms with E-state index in [4.69, 9.17) is 9.47 Å². The molecule has 47 heavy (non-hydrogen) atoms. The van der Waals surface area contributed by atoms with E-state index in [0.29, 0.717) is 35.8 Å². The molecule has 0 aromatic carbocycles. The predicted octanol–water partition coefficient (Wildman–Crippen LogP) is 6.92. The molecule has 2 bridgehead atoms. The number of fused-ring (bicyclic) bond motifs is 4. The summed E-state index contributed by atoms with van der Waals surface area (Å²) in [5.74, 6) is -0.281. The average Bonchev–Trinajstić information content (AvgIpc) is 3.22. The molecule has 1 aliphatic heterocycles. The van der Waals surface area contributed by atoms with Crippen LogP contribution in [0, 0.1) is 56.7 Å². The normalized spacial score (nSPS) is 52.1. The molecule has 0 aromatic rings. The molecule has 6 fully saturated rings. The van der Waals surface area contributed by atoms with Crippen molar-refractivity contribution in [1.29, 1.82) is 0 Å². The van der Waals surface area contributed by atoms with Crippen molar-refractivity contribution in [3.63, 3.8) is 0 Å². The number of esters is 1. The number of aliphatic hydroxyl groups excluding tert-OH is 3. The molecule has 0 amide bonds. The van der Waals surface area contributed by atoms with Crippen LogP contribution in [0.15, 0.2) is 23.3 Å². The number of aliphatic hydroxyl groups is 3. The first-order valence-electron chi connectivity index (χ1n) is 18.6. The van der Waals surface area contributed by atoms with Gasteiger partial charge in [0.05, 0.1) is 23.2 Å². The fourth-order valence-electron chi connectivity index (χ4n) is 13.5. The maximum Gasteiger partial charge on any atom is 0.333 e. The number of hydrogen-bond acceptors (Lipinski definition) is 7. The Morgan fingerprint density at radius 2 is 1.49 bits per heavy atom. The van der Waals surface area contributed by atoms with Gasteiger partial charge in [0.15, 0.2) is 12.1 Å². The smallest absolute Gasteiger partial charge is 0.333 e. The molecule has 1 heterocycles. The zero-order valence-corrected chi connectivity index (χ0v) is 30.7. The second kappa shape index (κ2) is 11.2. The van der Waals surface area contributed by atoms with E-state index < -0.39 is 40.9 Å². The summed E-state index contributed by atoms with van der Waals surface area (Å²) in [7, 11) is 0. The number of hydrogen-bond donors (Lipinski definition) is 3. The standard InChI is InChI=1S/C40H62O7/c1-11-22(3)26(41)20-25-24(5)19-29-39-18-14-28-36(8)16-15-30(42)35(6,7)27(36)13-17-37(28,9)38(39,10)21-31(43)40(29,34(45)47-39)32(25)46-33(44)23(4)12-2/h11-12,24-25,27-32,34,42-43,45H,13-21H2,1-10H3/b22-11-,23-12-/t24-,25+,27?,28?,29?,30-,31+,32-,34-,36-,37+,38-,39-,40+/m0/s1. The molecule has 5 aliphatic carbocycles. The first-order valence-corrected chi connectivity index (χ1v) is 18.6. The summed E-state index contributed by atoms with van der Waals surface area (Å²) in [5.41, 5.74) is -1.53. The third-order valence-electron chi connectivity index (χ3n) is 16.6. The zero-order chi connectivity index (χ0) is 34.7. The van der Waals surface area contributed by atoms with E-state index in [9.17, 15) is 24.9 Å². The third-order valence-corrected chi connectivity index (χ3v) is 16.6. The minimum absolute atomic E-state index is 0.000178. The Labute approximate surface area is 282 Å². The van der Waals surface area contributed by atoms with Crippen molar-refractivity contribution < 1.29 is 34.4 Å². The minimum Gasteiger partial charge on any atom is -0.458 e. The molecular formula is C40H62O7. The van der Waals surface area contributed by atoms with E-state index in [1.165, 1.54) is 0 Å². The van der Waals surface area contributed by atoms with Crippen molar-refractivity contribution in [2.45, 2.75) is 157 Å². The maximum atomic E-state index is 13.5. The van der Waals surface area contributed by atoms with Gasteiger partial charge in [-0.2, -0.15) is 0 Å². The molecule has 3 unspecified atom stereocenters. The van der Waals surface area contributed by atoms with E-state index in [1.54, 1.807) is 19.9 Å². The molecule has 7 heteroatoms. The van der Waals surface area contributed by atoms with E-state index >= 15 is 0 Å². The van der Waals surface area contributed by atoms with Gasteiger partial charge in [-0.05, 0) is 119 Å². The molecule has 0 aromatic heterocycles. The summed E-state index contributed by atoms with van der Waals surface area (Å²) in [6, 6.07) is 0. The largest absolute Gasteiger partial charge is 0.458 e. The van der Waals surface area contributed by atoms with E-state index in [-0.39, 0.29) is 52.3 Å². The molecule has 264 valence electrons. The van der Waals surface area contributed by atoms with Gasteiger partial charge in [-0.1, -0.05) is 53.7 Å². The molecular weight excluding hydrogens is 592 g/mol. The Kier molecular flexibility index (Phi) is 8.44. The van der Waals surface area contributed by atoms with E-state index in [2.05, 4.69) is 41.5 Å². The lowest BCUT2D eigenvalue weighted by Crippen LogP contribution is -2.75. The molecule has 14 atom stereocenters. The lowest BCUT2D eigenvalue weighted by atomic mass is 9.30. The Morgan fingerprint density at radius 1 is 0.851 bits per heavy atom. The van der Waals surface area contributed by atoms with Crippen molar-refractivity contribution in [2.24, 2.45) is 56.7 Å². The second-order valence-corrected chi connectivity index (χ2v) is 18.2. The van der Waals surface area contributed by atoms with Gasteiger partial charge in [0, 0.05) is 29.2 Å². The quantitative estimate of drug-likeness (QED) is 0.218. The van der Waals surface area contributed by atoms with E-state index in [0.717, 1.165) is 38.5 Å². The van der Waals surface area contributed by atoms with Crippen LogP contribution in [0.25, 0.3) is 0 Å². The topological polar surface area (TPSA) is 113 Å². The van der Waals surface area contributed by atoms with Crippen LogP contribution in [0.5, 0.6) is 0 Å². The third kappa shape index (κ3) is 4.30. The van der Waals surface area contributed by atoms with Crippen LogP contribution in [0.1, 0.15) is 127 Å². The second-order valence-electron chi connectivity index (χ2n) is 18.2. The van der Waals surface area contributed by atoms with Crippen LogP contribution < -0.4 is 0 Å². The van der Waals surface area contributed by atoms with Gasteiger partial charge in [-0.25, -0.2) is 4.79 Å². The number of carbonyl (C=O) groups excluding carboxylic acids is 2. The van der Waals surface area contributed by atoms with Gasteiger partial charge >= 0.3 is 5.97 Å². The molecule has 1 spiro atoms. The Bertz CT molecular complexity index is 1370. The van der Waals surface area contributed by atoms with Gasteiger partial charge in [0.1, 0.15) is 6.10 Å². The van der Waals surface area contributed by atoms with Gasteiger partial charge in [-0.15, -0.1) is 0 Å². The summed E-state index contributed by atoms with van der Waals surface area (Å²) in [6.45, 7) is 21.1. The highest BCUT2D eigenvalue weighted by Gasteiger charge is 2.84. The highest BCUT2D eigenvalue weighted by molar-refractivity contribution is 5.95. The first-order chi connectivity index (χ1) is 21.8. The average molecular weight is 655 g/mol. The Balaban J connectivity index is 1.46. The fraction of sp³-hybridized carbons (Fsp3) is 0.850. The number of Topliss-reactive ketones (excluding diaryl/α,β-unsaturated/α-hetero) is 1. The molecule has 5 saturated carbocycles. The van der Waals surface area contributed by atoms with Gasteiger partial charge in [0.25, 0.3) is 0 Å². The van der Waals surface area contributed by atoms with Crippen molar-refractivity contribution >= 4 is 11.8 Å². The summed E-state index contributed by atoms with van der Waals surface area (Å²) in [5, 5.41) is 36.1. The summed E-state index contributed by atoms with van der Waals surface area (Å²) < 4.78 is 13.5. The van der Waals surface area contributed by atoms with Crippen molar-refractivity contribution in [3.05, 3.63) is 23.3 Å². The van der Waals surface area contributed by atoms with Gasteiger partial charge in [0.2, 0.25) is 0 Å². The molecule has 3 N–H and O–H groups in total. The van der Waals surface area contributed by atoms with Crippen LogP contribution >= 0.6 is 0 Å². The molecule has 7 nitrogen and oxygen atoms in total. The molecule has 0 radical (unpaired) electrons.